The van der Waals surface area contributed by atoms with Gasteiger partial charge in [-0.25, -0.2) is 14.4 Å². The molecule has 0 saturated heterocycles. The Kier molecular flexibility index (Phi) is 3.21. The van der Waals surface area contributed by atoms with Crippen LogP contribution in [0.15, 0.2) is 36.9 Å². The van der Waals surface area contributed by atoms with E-state index in [1.165, 1.54) is 6.07 Å². The number of hydrogen-bond donors (Lipinski definition) is 0. The normalized spacial score (nSPS) is 11.3. The minimum Gasteiger partial charge on any atom is -0.336 e. The van der Waals surface area contributed by atoms with Crippen molar-refractivity contribution in [1.29, 1.82) is 0 Å². The Morgan fingerprint density at radius 2 is 2.16 bits per heavy atom. The van der Waals surface area contributed by atoms with E-state index in [0.717, 1.165) is 12.1 Å². The van der Waals surface area contributed by atoms with Gasteiger partial charge in [-0.15, -0.1) is 11.6 Å². The Labute approximate surface area is 114 Å². The van der Waals surface area contributed by atoms with Gasteiger partial charge < -0.3 is 9.13 Å². The summed E-state index contributed by atoms with van der Waals surface area (Å²) < 4.78 is 17.6. The molecular weight excluding hydrogens is 267 g/mol. The van der Waals surface area contributed by atoms with Crippen LogP contribution in [0.4, 0.5) is 4.39 Å². The summed E-state index contributed by atoms with van der Waals surface area (Å²) in [4.78, 5) is 8.25. The summed E-state index contributed by atoms with van der Waals surface area (Å²) in [6.45, 7) is 1.42. The van der Waals surface area contributed by atoms with Crippen LogP contribution in [0.2, 0.25) is 0 Å². The van der Waals surface area contributed by atoms with Crippen molar-refractivity contribution in [3.8, 4) is 0 Å². The minimum absolute atomic E-state index is 0.262. The van der Waals surface area contributed by atoms with Gasteiger partial charge in [0.05, 0.1) is 17.7 Å². The summed E-state index contributed by atoms with van der Waals surface area (Å²) in [6.07, 6.45) is 5.37. The molecule has 2 heterocycles. The van der Waals surface area contributed by atoms with E-state index in [1.807, 2.05) is 21.4 Å². The third kappa shape index (κ3) is 2.21. The molecule has 19 heavy (non-hydrogen) atoms. The van der Waals surface area contributed by atoms with Crippen LogP contribution in [0, 0.1) is 5.82 Å². The van der Waals surface area contributed by atoms with Gasteiger partial charge in [0, 0.05) is 25.5 Å². The Bertz CT molecular complexity index is 690. The molecule has 3 aromatic rings. The van der Waals surface area contributed by atoms with Gasteiger partial charge in [0.15, 0.2) is 5.82 Å². The third-order valence-corrected chi connectivity index (χ3v) is 3.31. The summed E-state index contributed by atoms with van der Waals surface area (Å²) in [6, 6.07) is 4.95. The van der Waals surface area contributed by atoms with Crippen LogP contribution in [0.25, 0.3) is 11.0 Å². The molecule has 0 atom stereocenters. The lowest BCUT2D eigenvalue weighted by atomic mass is 10.3. The molecule has 0 saturated carbocycles. The van der Waals surface area contributed by atoms with Crippen molar-refractivity contribution in [2.75, 3.05) is 0 Å². The van der Waals surface area contributed by atoms with Crippen LogP contribution in [-0.2, 0) is 19.0 Å². The largest absolute Gasteiger partial charge is 0.336 e. The molecule has 0 aliphatic heterocycles. The number of alkyl halides is 1. The van der Waals surface area contributed by atoms with E-state index in [-0.39, 0.29) is 11.7 Å². The van der Waals surface area contributed by atoms with Crippen molar-refractivity contribution in [1.82, 2.24) is 19.1 Å². The van der Waals surface area contributed by atoms with E-state index in [4.69, 9.17) is 11.6 Å². The van der Waals surface area contributed by atoms with E-state index in [0.29, 0.717) is 17.9 Å². The fourth-order valence-electron chi connectivity index (χ4n) is 2.15. The first-order chi connectivity index (χ1) is 9.29. The predicted molar refractivity (Wildman–Crippen MR) is 71.5 cm³/mol. The molecule has 0 unspecified atom stereocenters. The summed E-state index contributed by atoms with van der Waals surface area (Å²) in [5, 5.41) is 0. The van der Waals surface area contributed by atoms with Crippen molar-refractivity contribution >= 4 is 22.6 Å². The van der Waals surface area contributed by atoms with Crippen molar-refractivity contribution in [2.24, 2.45) is 0 Å². The predicted octanol–water partition coefficient (Wildman–Crippen LogP) is 2.81. The fourth-order valence-corrected chi connectivity index (χ4v) is 2.35. The van der Waals surface area contributed by atoms with Crippen molar-refractivity contribution in [3.63, 3.8) is 0 Å². The standard InChI is InChI=1S/C13H12ClFN4/c14-8-12-17-13-10(15)2-1-3-11(13)19(12)7-6-18-5-4-16-9-18/h1-5,9H,6-8H2. The number of nitrogens with zero attached hydrogens (tertiary/aromatic N) is 4. The maximum atomic E-state index is 13.7. The second kappa shape index (κ2) is 5.01. The van der Waals surface area contributed by atoms with Crippen LogP contribution < -0.4 is 0 Å². The van der Waals surface area contributed by atoms with Crippen LogP contribution in [0.1, 0.15) is 5.82 Å². The molecule has 0 bridgehead atoms. The van der Waals surface area contributed by atoms with Crippen LogP contribution >= 0.6 is 11.6 Å². The molecule has 6 heteroatoms. The summed E-state index contributed by atoms with van der Waals surface area (Å²) in [7, 11) is 0. The molecular formula is C13H12ClFN4. The number of fused-ring (bicyclic) bond motifs is 1. The second-order valence-electron chi connectivity index (χ2n) is 4.22. The number of hydrogen-bond acceptors (Lipinski definition) is 2. The van der Waals surface area contributed by atoms with Gasteiger partial charge in [-0.2, -0.15) is 0 Å². The number of aryl methyl sites for hydroxylation is 2. The van der Waals surface area contributed by atoms with Gasteiger partial charge in [0.1, 0.15) is 11.3 Å². The molecule has 0 radical (unpaired) electrons. The number of rotatable bonds is 4. The maximum absolute atomic E-state index is 13.7. The Balaban J connectivity index is 1.99. The Morgan fingerprint density at radius 1 is 1.26 bits per heavy atom. The van der Waals surface area contributed by atoms with E-state index < -0.39 is 0 Å². The third-order valence-electron chi connectivity index (χ3n) is 3.07. The van der Waals surface area contributed by atoms with E-state index in [2.05, 4.69) is 9.97 Å². The molecule has 2 aromatic heterocycles. The zero-order valence-electron chi connectivity index (χ0n) is 10.1. The molecule has 3 rings (SSSR count). The Morgan fingerprint density at radius 3 is 2.89 bits per heavy atom. The highest BCUT2D eigenvalue weighted by atomic mass is 35.5. The van der Waals surface area contributed by atoms with E-state index >= 15 is 0 Å². The second-order valence-corrected chi connectivity index (χ2v) is 4.49. The van der Waals surface area contributed by atoms with Crippen molar-refractivity contribution in [2.45, 2.75) is 19.0 Å². The zero-order chi connectivity index (χ0) is 13.2. The monoisotopic (exact) mass is 278 g/mol. The van der Waals surface area contributed by atoms with Gasteiger partial charge in [-0.1, -0.05) is 6.07 Å². The molecule has 0 aliphatic rings. The van der Waals surface area contributed by atoms with Crippen LogP contribution in [-0.4, -0.2) is 19.1 Å². The van der Waals surface area contributed by atoms with Gasteiger partial charge >= 0.3 is 0 Å². The summed E-state index contributed by atoms with van der Waals surface area (Å²) >= 11 is 5.89. The van der Waals surface area contributed by atoms with Gasteiger partial charge in [-0.05, 0) is 12.1 Å². The fraction of sp³-hybridized carbons (Fsp3) is 0.231. The lowest BCUT2D eigenvalue weighted by Gasteiger charge is -2.08. The average Bonchev–Trinajstić information content (AvgIpc) is 3.03. The molecule has 1 aromatic carbocycles. The van der Waals surface area contributed by atoms with Gasteiger partial charge in [0.2, 0.25) is 0 Å². The Hall–Kier alpha value is -1.88. The first-order valence-corrected chi connectivity index (χ1v) is 6.48. The lowest BCUT2D eigenvalue weighted by molar-refractivity contribution is 0.577. The van der Waals surface area contributed by atoms with Gasteiger partial charge in [-0.3, -0.25) is 0 Å². The number of aromatic nitrogens is 4. The van der Waals surface area contributed by atoms with Crippen molar-refractivity contribution in [3.05, 3.63) is 48.6 Å². The topological polar surface area (TPSA) is 35.6 Å². The molecule has 0 aliphatic carbocycles. The highest BCUT2D eigenvalue weighted by Gasteiger charge is 2.12. The molecule has 98 valence electrons. The molecule has 4 nitrogen and oxygen atoms in total. The number of benzene rings is 1. The van der Waals surface area contributed by atoms with E-state index in [9.17, 15) is 4.39 Å². The van der Waals surface area contributed by atoms with E-state index in [1.54, 1.807) is 18.6 Å². The first kappa shape index (κ1) is 12.2. The zero-order valence-corrected chi connectivity index (χ0v) is 10.9. The summed E-state index contributed by atoms with van der Waals surface area (Å²) in [5.41, 5.74) is 1.15. The van der Waals surface area contributed by atoms with Gasteiger partial charge in [0.25, 0.3) is 0 Å². The highest BCUT2D eigenvalue weighted by molar-refractivity contribution is 6.16. The number of imidazole rings is 2. The number of para-hydroxylation sites is 1. The lowest BCUT2D eigenvalue weighted by Crippen LogP contribution is -2.08. The molecule has 0 amide bonds. The van der Waals surface area contributed by atoms with Crippen LogP contribution in [0.5, 0.6) is 0 Å². The molecule has 0 spiro atoms. The maximum Gasteiger partial charge on any atom is 0.151 e. The molecule has 0 N–H and O–H groups in total. The quantitative estimate of drug-likeness (QED) is 0.688. The highest BCUT2D eigenvalue weighted by Crippen LogP contribution is 2.20. The molecule has 0 fully saturated rings. The average molecular weight is 279 g/mol. The number of halogens is 2. The first-order valence-electron chi connectivity index (χ1n) is 5.95. The SMILES string of the molecule is Fc1cccc2c1nc(CCl)n2CCn1ccnc1. The summed E-state index contributed by atoms with van der Waals surface area (Å²) in [5.74, 6) is 0.630. The smallest absolute Gasteiger partial charge is 0.151 e. The van der Waals surface area contributed by atoms with Crippen molar-refractivity contribution < 1.29 is 4.39 Å². The van der Waals surface area contributed by atoms with Crippen LogP contribution in [0.3, 0.4) is 0 Å². The minimum atomic E-state index is -0.315.